The first-order chi connectivity index (χ1) is 9.04. The number of aryl methyl sites for hydroxylation is 1. The molecular formula is C14H26N4O. The van der Waals surface area contributed by atoms with Gasteiger partial charge in [0, 0.05) is 37.6 Å². The van der Waals surface area contributed by atoms with Crippen molar-refractivity contribution in [3.8, 4) is 0 Å². The second-order valence-corrected chi connectivity index (χ2v) is 4.90. The van der Waals surface area contributed by atoms with Crippen LogP contribution in [0.5, 0.6) is 0 Å². The number of aromatic nitrogens is 2. The third kappa shape index (κ3) is 5.53. The second kappa shape index (κ2) is 8.07. The fourth-order valence-corrected chi connectivity index (χ4v) is 1.62. The van der Waals surface area contributed by atoms with Crippen molar-refractivity contribution in [3.63, 3.8) is 0 Å². The number of nitrogens with one attached hydrogen (secondary N) is 1. The van der Waals surface area contributed by atoms with Crippen LogP contribution in [0.2, 0.25) is 0 Å². The van der Waals surface area contributed by atoms with Crippen molar-refractivity contribution in [1.82, 2.24) is 15.3 Å². The van der Waals surface area contributed by atoms with E-state index in [1.54, 1.807) is 0 Å². The number of likely N-dealkylation sites (N-methyl/N-ethyl adjacent to an activating group) is 1. The highest BCUT2D eigenvalue weighted by molar-refractivity contribution is 5.31. The Morgan fingerprint density at radius 3 is 2.74 bits per heavy atom. The van der Waals surface area contributed by atoms with Gasteiger partial charge in [-0.15, -0.1) is 0 Å². The van der Waals surface area contributed by atoms with Crippen LogP contribution in [0, 0.1) is 6.92 Å². The fraction of sp³-hybridized carbons (Fsp3) is 0.714. The van der Waals surface area contributed by atoms with E-state index < -0.39 is 0 Å². The van der Waals surface area contributed by atoms with Crippen molar-refractivity contribution in [3.05, 3.63) is 17.5 Å². The molecule has 0 atom stereocenters. The van der Waals surface area contributed by atoms with Gasteiger partial charge in [-0.05, 0) is 27.3 Å². The summed E-state index contributed by atoms with van der Waals surface area (Å²) >= 11 is 0. The van der Waals surface area contributed by atoms with Gasteiger partial charge in [0.05, 0.1) is 12.7 Å². The van der Waals surface area contributed by atoms with Crippen molar-refractivity contribution in [2.45, 2.75) is 40.3 Å². The molecule has 0 bridgehead atoms. The van der Waals surface area contributed by atoms with Gasteiger partial charge in [0.1, 0.15) is 0 Å². The molecule has 0 fully saturated rings. The number of ether oxygens (including phenoxy) is 1. The van der Waals surface area contributed by atoms with Gasteiger partial charge in [-0.2, -0.15) is 0 Å². The SMILES string of the molecule is CCNCc1cnc(N(C)CCOC(C)C)nc1C. The maximum Gasteiger partial charge on any atom is 0.225 e. The van der Waals surface area contributed by atoms with E-state index in [0.717, 1.165) is 36.8 Å². The zero-order chi connectivity index (χ0) is 14.3. The van der Waals surface area contributed by atoms with E-state index in [1.165, 1.54) is 0 Å². The first-order valence-electron chi connectivity index (χ1n) is 6.90. The summed E-state index contributed by atoms with van der Waals surface area (Å²) in [5.41, 5.74) is 2.18. The minimum Gasteiger partial charge on any atom is -0.377 e. The highest BCUT2D eigenvalue weighted by Crippen LogP contribution is 2.09. The summed E-state index contributed by atoms with van der Waals surface area (Å²) in [6, 6.07) is 0. The molecule has 1 rings (SSSR count). The summed E-state index contributed by atoms with van der Waals surface area (Å²) < 4.78 is 5.53. The first kappa shape index (κ1) is 15.9. The molecule has 0 spiro atoms. The molecule has 0 aliphatic carbocycles. The Labute approximate surface area is 116 Å². The van der Waals surface area contributed by atoms with Gasteiger partial charge in [0.25, 0.3) is 0 Å². The Morgan fingerprint density at radius 1 is 1.42 bits per heavy atom. The smallest absolute Gasteiger partial charge is 0.225 e. The number of rotatable bonds is 8. The van der Waals surface area contributed by atoms with Crippen molar-refractivity contribution >= 4 is 5.95 Å². The quantitative estimate of drug-likeness (QED) is 0.777. The van der Waals surface area contributed by atoms with E-state index in [-0.39, 0.29) is 6.10 Å². The lowest BCUT2D eigenvalue weighted by Crippen LogP contribution is -2.26. The van der Waals surface area contributed by atoms with Crippen LogP contribution in [0.25, 0.3) is 0 Å². The van der Waals surface area contributed by atoms with Crippen LogP contribution in [0.3, 0.4) is 0 Å². The zero-order valence-corrected chi connectivity index (χ0v) is 12.7. The number of hydrogen-bond acceptors (Lipinski definition) is 5. The van der Waals surface area contributed by atoms with E-state index in [1.807, 2.05) is 38.9 Å². The molecule has 5 nitrogen and oxygen atoms in total. The standard InChI is InChI=1S/C14H26N4O/c1-6-15-9-13-10-16-14(17-12(13)4)18(5)7-8-19-11(2)3/h10-11,15H,6-9H2,1-5H3. The Kier molecular flexibility index (Phi) is 6.73. The van der Waals surface area contributed by atoms with Crippen molar-refractivity contribution < 1.29 is 4.74 Å². The van der Waals surface area contributed by atoms with Crippen molar-refractivity contribution in [1.29, 1.82) is 0 Å². The molecule has 0 saturated carbocycles. The monoisotopic (exact) mass is 266 g/mol. The molecule has 108 valence electrons. The Morgan fingerprint density at radius 2 is 2.16 bits per heavy atom. The van der Waals surface area contributed by atoms with Gasteiger partial charge in [0.15, 0.2) is 0 Å². The predicted molar refractivity (Wildman–Crippen MR) is 78.5 cm³/mol. The largest absolute Gasteiger partial charge is 0.377 e. The van der Waals surface area contributed by atoms with Crippen LogP contribution in [-0.4, -0.2) is 42.8 Å². The van der Waals surface area contributed by atoms with Crippen molar-refractivity contribution in [2.75, 3.05) is 31.6 Å². The fourth-order valence-electron chi connectivity index (χ4n) is 1.62. The predicted octanol–water partition coefficient (Wildman–Crippen LogP) is 1.76. The molecule has 19 heavy (non-hydrogen) atoms. The van der Waals surface area contributed by atoms with Crippen molar-refractivity contribution in [2.24, 2.45) is 0 Å². The lowest BCUT2D eigenvalue weighted by atomic mass is 10.2. The van der Waals surface area contributed by atoms with E-state index in [9.17, 15) is 0 Å². The third-order valence-corrected chi connectivity index (χ3v) is 2.85. The summed E-state index contributed by atoms with van der Waals surface area (Å²) in [6.45, 7) is 11.5. The third-order valence-electron chi connectivity index (χ3n) is 2.85. The summed E-state index contributed by atoms with van der Waals surface area (Å²) in [6.07, 6.45) is 2.17. The Hall–Kier alpha value is -1.20. The molecule has 0 radical (unpaired) electrons. The minimum absolute atomic E-state index is 0.263. The lowest BCUT2D eigenvalue weighted by Gasteiger charge is -2.19. The molecule has 5 heteroatoms. The van der Waals surface area contributed by atoms with Gasteiger partial charge >= 0.3 is 0 Å². The van der Waals surface area contributed by atoms with E-state index in [0.29, 0.717) is 6.61 Å². The average molecular weight is 266 g/mol. The molecule has 0 saturated heterocycles. The topological polar surface area (TPSA) is 50.3 Å². The Bertz CT molecular complexity index is 382. The van der Waals surface area contributed by atoms with Gasteiger partial charge in [0.2, 0.25) is 5.95 Å². The highest BCUT2D eigenvalue weighted by Gasteiger charge is 2.07. The molecule has 0 unspecified atom stereocenters. The van der Waals surface area contributed by atoms with Crippen LogP contribution in [0.15, 0.2) is 6.20 Å². The molecule has 1 aromatic heterocycles. The molecule has 1 aromatic rings. The van der Waals surface area contributed by atoms with Crippen LogP contribution in [0.4, 0.5) is 5.95 Å². The highest BCUT2D eigenvalue weighted by atomic mass is 16.5. The number of anilines is 1. The molecule has 1 heterocycles. The molecule has 0 amide bonds. The first-order valence-corrected chi connectivity index (χ1v) is 6.90. The van der Waals surface area contributed by atoms with E-state index in [4.69, 9.17) is 4.74 Å². The van der Waals surface area contributed by atoms with Crippen LogP contribution < -0.4 is 10.2 Å². The maximum absolute atomic E-state index is 5.53. The summed E-state index contributed by atoms with van der Waals surface area (Å²) in [4.78, 5) is 11.0. The van der Waals surface area contributed by atoms with Crippen LogP contribution in [0.1, 0.15) is 32.0 Å². The molecule has 0 aliphatic heterocycles. The lowest BCUT2D eigenvalue weighted by molar-refractivity contribution is 0.0844. The molecule has 1 N–H and O–H groups in total. The minimum atomic E-state index is 0.263. The van der Waals surface area contributed by atoms with Gasteiger partial charge in [-0.3, -0.25) is 0 Å². The van der Waals surface area contributed by atoms with E-state index >= 15 is 0 Å². The van der Waals surface area contributed by atoms with Gasteiger partial charge in [-0.25, -0.2) is 9.97 Å². The molecule has 0 aliphatic rings. The molecule has 0 aromatic carbocycles. The van der Waals surface area contributed by atoms with E-state index in [2.05, 4.69) is 22.2 Å². The van der Waals surface area contributed by atoms with Gasteiger partial charge < -0.3 is 15.0 Å². The summed E-state index contributed by atoms with van der Waals surface area (Å²) in [5.74, 6) is 0.755. The normalized spacial score (nSPS) is 11.1. The molecular weight excluding hydrogens is 240 g/mol. The second-order valence-electron chi connectivity index (χ2n) is 4.90. The van der Waals surface area contributed by atoms with Crippen LogP contribution in [-0.2, 0) is 11.3 Å². The Balaban J connectivity index is 2.56. The van der Waals surface area contributed by atoms with Crippen LogP contribution >= 0.6 is 0 Å². The maximum atomic E-state index is 5.53. The van der Waals surface area contributed by atoms with Gasteiger partial charge in [-0.1, -0.05) is 6.92 Å². The summed E-state index contributed by atoms with van der Waals surface area (Å²) in [7, 11) is 1.99. The number of nitrogens with zero attached hydrogens (tertiary/aromatic N) is 3. The average Bonchev–Trinajstić information content (AvgIpc) is 2.36. The zero-order valence-electron chi connectivity index (χ0n) is 12.7. The summed E-state index contributed by atoms with van der Waals surface area (Å²) in [5, 5.41) is 3.29. The number of hydrogen-bond donors (Lipinski definition) is 1.